The van der Waals surface area contributed by atoms with Crippen molar-refractivity contribution >= 4 is 89.5 Å². The van der Waals surface area contributed by atoms with Gasteiger partial charge in [0.15, 0.2) is 0 Å². The Labute approximate surface area is 519 Å². The summed E-state index contributed by atoms with van der Waals surface area (Å²) in [7, 11) is 1.82. The van der Waals surface area contributed by atoms with Crippen LogP contribution in [0.3, 0.4) is 0 Å². The molecular formula is C63H78Cl3F3N10O7. The molecule has 0 saturated carbocycles. The Hall–Kier alpha value is -6.17. The number of morpholine rings is 1. The Bertz CT molecular complexity index is 3180. The van der Waals surface area contributed by atoms with Crippen molar-refractivity contribution in [2.45, 2.75) is 95.2 Å². The molecule has 0 radical (unpaired) electrons. The van der Waals surface area contributed by atoms with Crippen LogP contribution in [0.25, 0.3) is 0 Å². The van der Waals surface area contributed by atoms with E-state index in [0.717, 1.165) is 42.9 Å². The van der Waals surface area contributed by atoms with Gasteiger partial charge in [0.25, 0.3) is 11.8 Å². The topological polar surface area (TPSA) is 189 Å². The van der Waals surface area contributed by atoms with Crippen molar-refractivity contribution in [2.24, 2.45) is 5.92 Å². The van der Waals surface area contributed by atoms with E-state index >= 15 is 8.78 Å². The second-order valence-electron chi connectivity index (χ2n) is 23.2. The van der Waals surface area contributed by atoms with Gasteiger partial charge in [-0.15, -0.1) is 37.2 Å². The number of benzene rings is 5. The number of amides is 5. The van der Waals surface area contributed by atoms with Gasteiger partial charge in [0.1, 0.15) is 29.2 Å². The summed E-state index contributed by atoms with van der Waals surface area (Å²) in [5, 5.41) is 18.6. The number of hydrogen-bond donors (Lipinski definition) is 6. The first-order valence-electron chi connectivity index (χ1n) is 28.8. The zero-order chi connectivity index (χ0) is 58.5. The number of hydrogen-bond acceptors (Lipinski definition) is 12. The van der Waals surface area contributed by atoms with Crippen LogP contribution in [0.4, 0.5) is 35.9 Å². The molecule has 5 amide bonds. The predicted octanol–water partition coefficient (Wildman–Crippen LogP) is 7.85. The number of para-hydroxylation sites is 1. The van der Waals surface area contributed by atoms with E-state index in [1.165, 1.54) is 23.1 Å². The van der Waals surface area contributed by atoms with Crippen LogP contribution in [0.5, 0.6) is 0 Å². The smallest absolute Gasteiger partial charge is 0.255 e. The number of carbonyl (C=O) groups is 5. The van der Waals surface area contributed by atoms with Gasteiger partial charge in [-0.1, -0.05) is 36.4 Å². The van der Waals surface area contributed by atoms with Gasteiger partial charge in [0, 0.05) is 106 Å². The van der Waals surface area contributed by atoms with Gasteiger partial charge in [0.2, 0.25) is 17.7 Å². The number of ether oxygens (including phenoxy) is 2. The number of piperazine rings is 1. The fourth-order valence-corrected chi connectivity index (χ4v) is 12.2. The molecule has 17 nitrogen and oxygen atoms in total. The fraction of sp³-hybridized carbons (Fsp3) is 0.444. The molecule has 5 heterocycles. The number of carbonyl (C=O) groups excluding carboxylic acids is 5. The van der Waals surface area contributed by atoms with E-state index in [2.05, 4.69) is 55.5 Å². The first kappa shape index (κ1) is 67.3. The van der Waals surface area contributed by atoms with Gasteiger partial charge in [-0.05, 0) is 154 Å². The summed E-state index contributed by atoms with van der Waals surface area (Å²) < 4.78 is 55.3. The largest absolute Gasteiger partial charge is 0.381 e. The summed E-state index contributed by atoms with van der Waals surface area (Å²) in [6.45, 7) is 14.1. The fourth-order valence-electron chi connectivity index (χ4n) is 12.2. The van der Waals surface area contributed by atoms with Crippen molar-refractivity contribution in [1.82, 2.24) is 30.7 Å². The van der Waals surface area contributed by atoms with Gasteiger partial charge in [-0.25, -0.2) is 13.2 Å². The van der Waals surface area contributed by atoms with Crippen molar-refractivity contribution in [1.29, 1.82) is 0 Å². The Kier molecular flexibility index (Phi) is 23.2. The average Bonchev–Trinajstić information content (AvgIpc) is 1.74. The second-order valence-corrected chi connectivity index (χ2v) is 23.2. The van der Waals surface area contributed by atoms with Crippen molar-refractivity contribution in [3.63, 3.8) is 0 Å². The number of halogens is 6. The summed E-state index contributed by atoms with van der Waals surface area (Å²) >= 11 is 0. The molecule has 10 rings (SSSR count). The average molecular weight is 1250 g/mol. The summed E-state index contributed by atoms with van der Waals surface area (Å²) in [4.78, 5) is 80.6. The molecule has 23 heteroatoms. The van der Waals surface area contributed by atoms with Crippen LogP contribution in [0.2, 0.25) is 0 Å². The van der Waals surface area contributed by atoms with Crippen LogP contribution < -0.4 is 36.8 Å². The van der Waals surface area contributed by atoms with Gasteiger partial charge in [-0.3, -0.25) is 33.8 Å². The highest BCUT2D eigenvalue weighted by Gasteiger charge is 2.48. The third-order valence-corrected chi connectivity index (χ3v) is 17.2. The predicted molar refractivity (Wildman–Crippen MR) is 333 cm³/mol. The molecular weight excluding hydrogens is 1170 g/mol. The maximum atomic E-state index is 15.0. The molecule has 5 aromatic carbocycles. The third-order valence-electron chi connectivity index (χ3n) is 17.2. The van der Waals surface area contributed by atoms with Crippen LogP contribution in [0.15, 0.2) is 103 Å². The first-order valence-corrected chi connectivity index (χ1v) is 28.8. The van der Waals surface area contributed by atoms with Crippen LogP contribution >= 0.6 is 37.2 Å². The lowest BCUT2D eigenvalue weighted by molar-refractivity contribution is -0.142. The van der Waals surface area contributed by atoms with Crippen LogP contribution in [0, 0.1) is 23.4 Å². The minimum absolute atomic E-state index is 0. The van der Waals surface area contributed by atoms with E-state index in [9.17, 15) is 28.4 Å². The van der Waals surface area contributed by atoms with Crippen molar-refractivity contribution in [3.05, 3.63) is 154 Å². The van der Waals surface area contributed by atoms with Gasteiger partial charge in [-0.2, -0.15) is 0 Å². The standard InChI is InChI=1S/C63H75F3N10O7.3ClH/c1-38(67-5)30-69-56(43-21-24-82-25-22-43)61(80)75-33-45-14-19-48(29-50(45)58(75)60(79)72-57-52(65)7-6-8-53(57)66)70-59(78)44-12-17-47(18-13-44)71-62(81)63(4)37-76(54-28-42(11-20-51(54)63)27-41-9-15-46(64)16-10-41)55(77)35-74-32-39(2)68-31-49(74)34-73-23-26-83-36-40(73)3;;;/h6-20,28-29,38-40,43,49,56,58,67-69H,21-27,30-37H2,1-5H3,(H,70,78)(H,71,81)(H,72,79);3*1H/t38-,39+,40+,49+,56-,58-,63?;;;/m0.../s1. The van der Waals surface area contributed by atoms with E-state index in [1.54, 1.807) is 59.5 Å². The van der Waals surface area contributed by atoms with Crippen LogP contribution in [-0.4, -0.2) is 154 Å². The SMILES string of the molecule is CN[C@@H](C)CN[C@H](C(=O)N1Cc2ccc(NC(=O)c3ccc(NC(=O)C4(C)CN(C(=O)CN5C[C@@H](C)NC[C@@H]5CN5CCOC[C@H]5C)c5cc(Cc6ccc(F)cc6)ccc54)cc3)cc2[C@H]1C(=O)Nc1c(F)cccc1F)C1CCOCC1.Cl.Cl.Cl. The van der Waals surface area contributed by atoms with E-state index in [1.807, 2.05) is 39.1 Å². The molecule has 86 heavy (non-hydrogen) atoms. The molecule has 0 spiro atoms. The zero-order valence-corrected chi connectivity index (χ0v) is 51.4. The van der Waals surface area contributed by atoms with Gasteiger partial charge >= 0.3 is 0 Å². The quantitative estimate of drug-likeness (QED) is 0.0500. The number of rotatable bonds is 18. The molecule has 464 valence electrons. The van der Waals surface area contributed by atoms with Crippen molar-refractivity contribution in [2.75, 3.05) is 100 Å². The summed E-state index contributed by atoms with van der Waals surface area (Å²) in [6.07, 6.45) is 1.72. The lowest BCUT2D eigenvalue weighted by atomic mass is 9.83. The number of fused-ring (bicyclic) bond motifs is 2. The van der Waals surface area contributed by atoms with E-state index in [4.69, 9.17) is 9.47 Å². The Morgan fingerprint density at radius 3 is 2.19 bits per heavy atom. The summed E-state index contributed by atoms with van der Waals surface area (Å²) in [5.74, 6) is -4.55. The normalized spacial score (nSPS) is 22.0. The highest BCUT2D eigenvalue weighted by molar-refractivity contribution is 6.08. The molecule has 6 N–H and O–H groups in total. The zero-order valence-electron chi connectivity index (χ0n) is 49.0. The van der Waals surface area contributed by atoms with E-state index in [0.29, 0.717) is 92.5 Å². The molecule has 0 aromatic heterocycles. The molecule has 3 fully saturated rings. The van der Waals surface area contributed by atoms with E-state index < -0.39 is 46.6 Å². The summed E-state index contributed by atoms with van der Waals surface area (Å²) in [5.41, 5.74) is 3.26. The van der Waals surface area contributed by atoms with Crippen LogP contribution in [0.1, 0.15) is 84.8 Å². The highest BCUT2D eigenvalue weighted by Crippen LogP contribution is 2.43. The maximum absolute atomic E-state index is 15.0. The minimum atomic E-state index is -1.32. The molecule has 5 aliphatic heterocycles. The Balaban J connectivity index is 0.00000353. The Morgan fingerprint density at radius 1 is 0.791 bits per heavy atom. The number of likely N-dealkylation sites (N-methyl/N-ethyl adjacent to an activating group) is 1. The molecule has 1 unspecified atom stereocenters. The first-order chi connectivity index (χ1) is 40.0. The van der Waals surface area contributed by atoms with Crippen molar-refractivity contribution < 1.29 is 46.6 Å². The van der Waals surface area contributed by atoms with Crippen LogP contribution in [-0.2, 0) is 47.0 Å². The molecule has 0 aliphatic carbocycles. The number of anilines is 4. The summed E-state index contributed by atoms with van der Waals surface area (Å²) in [6, 6.07) is 25.3. The lowest BCUT2D eigenvalue weighted by Crippen LogP contribution is -2.62. The van der Waals surface area contributed by atoms with E-state index in [-0.39, 0.29) is 116 Å². The molecule has 5 aromatic rings. The number of nitrogens with zero attached hydrogens (tertiary/aromatic N) is 4. The second kappa shape index (κ2) is 29.7. The van der Waals surface area contributed by atoms with Gasteiger partial charge in [0.05, 0.1) is 31.2 Å². The monoisotopic (exact) mass is 1250 g/mol. The minimum Gasteiger partial charge on any atom is -0.381 e. The maximum Gasteiger partial charge on any atom is 0.255 e. The molecule has 3 saturated heterocycles. The van der Waals surface area contributed by atoms with Gasteiger partial charge < -0.3 is 51.2 Å². The lowest BCUT2D eigenvalue weighted by Gasteiger charge is -2.43. The molecule has 0 bridgehead atoms. The third kappa shape index (κ3) is 15.2. The highest BCUT2D eigenvalue weighted by atomic mass is 35.5. The van der Waals surface area contributed by atoms with Crippen molar-refractivity contribution in [3.8, 4) is 0 Å². The Morgan fingerprint density at radius 2 is 1.49 bits per heavy atom. The molecule has 5 aliphatic rings. The molecule has 7 atom stereocenters. The number of nitrogens with one attached hydrogen (secondary N) is 6.